The normalized spacial score (nSPS) is 28.1. The van der Waals surface area contributed by atoms with E-state index in [0.717, 1.165) is 44.8 Å². The van der Waals surface area contributed by atoms with Gasteiger partial charge in [-0.05, 0) is 44.1 Å². The summed E-state index contributed by atoms with van der Waals surface area (Å²) in [6.45, 7) is 4.80. The second-order valence-electron chi connectivity index (χ2n) is 8.35. The number of nitrogens with zero attached hydrogens (tertiary/aromatic N) is 3. The number of anilines is 1. The van der Waals surface area contributed by atoms with Crippen molar-refractivity contribution in [3.05, 3.63) is 18.5 Å². The summed E-state index contributed by atoms with van der Waals surface area (Å²) in [5, 5.41) is 10.2. The number of carboxylic acid groups (broad SMARTS) is 1. The highest BCUT2D eigenvalue weighted by molar-refractivity contribution is 5.81. The van der Waals surface area contributed by atoms with Crippen LogP contribution in [0, 0.1) is 11.8 Å². The van der Waals surface area contributed by atoms with Crippen molar-refractivity contribution in [2.75, 3.05) is 24.5 Å². The van der Waals surface area contributed by atoms with Gasteiger partial charge in [-0.3, -0.25) is 4.79 Å². The summed E-state index contributed by atoms with van der Waals surface area (Å²) in [7, 11) is 0. The minimum Gasteiger partial charge on any atom is -0.475 e. The molecule has 3 fully saturated rings. The molecule has 2 aliphatic heterocycles. The van der Waals surface area contributed by atoms with Gasteiger partial charge < -0.3 is 20.1 Å². The zero-order valence-corrected chi connectivity index (χ0v) is 17.3. The largest absolute Gasteiger partial charge is 0.490 e. The zero-order valence-electron chi connectivity index (χ0n) is 17.3. The van der Waals surface area contributed by atoms with Crippen molar-refractivity contribution in [1.29, 1.82) is 0 Å². The Balaban J connectivity index is 0.000000339. The summed E-state index contributed by atoms with van der Waals surface area (Å²) < 4.78 is 38.1. The van der Waals surface area contributed by atoms with Gasteiger partial charge in [-0.25, -0.2) is 14.8 Å². The van der Waals surface area contributed by atoms with Gasteiger partial charge >= 0.3 is 12.1 Å². The quantitative estimate of drug-likeness (QED) is 0.735. The molecular weight excluding hydrogens is 417 g/mol. The van der Waals surface area contributed by atoms with Gasteiger partial charge in [0.2, 0.25) is 11.9 Å². The van der Waals surface area contributed by atoms with Crippen LogP contribution in [-0.2, 0) is 14.3 Å². The van der Waals surface area contributed by atoms with Crippen molar-refractivity contribution < 1.29 is 32.6 Å². The first-order valence-electron chi connectivity index (χ1n) is 10.4. The van der Waals surface area contributed by atoms with Crippen LogP contribution >= 0.6 is 0 Å². The van der Waals surface area contributed by atoms with E-state index in [-0.39, 0.29) is 17.6 Å². The molecule has 172 valence electrons. The summed E-state index contributed by atoms with van der Waals surface area (Å²) in [6.07, 6.45) is 3.45. The van der Waals surface area contributed by atoms with Crippen LogP contribution < -0.4 is 10.2 Å². The number of halogens is 3. The zero-order chi connectivity index (χ0) is 22.6. The summed E-state index contributed by atoms with van der Waals surface area (Å²) in [5.41, 5.74) is -0.160. The van der Waals surface area contributed by atoms with Gasteiger partial charge in [0.25, 0.3) is 0 Å². The molecule has 1 amide bonds. The molecule has 4 rings (SSSR count). The van der Waals surface area contributed by atoms with Crippen LogP contribution in [0.1, 0.15) is 39.0 Å². The van der Waals surface area contributed by atoms with Crippen molar-refractivity contribution in [3.63, 3.8) is 0 Å². The molecule has 1 spiro atoms. The lowest BCUT2D eigenvalue weighted by Gasteiger charge is -2.44. The van der Waals surface area contributed by atoms with Crippen molar-refractivity contribution in [1.82, 2.24) is 15.3 Å². The first kappa shape index (κ1) is 23.2. The minimum absolute atomic E-state index is 0.0831. The van der Waals surface area contributed by atoms with Crippen LogP contribution in [0.2, 0.25) is 0 Å². The number of ether oxygens (including phenoxy) is 1. The molecule has 1 saturated carbocycles. The third-order valence-corrected chi connectivity index (χ3v) is 6.04. The number of hydrogen-bond donors (Lipinski definition) is 2. The molecule has 1 aromatic rings. The fraction of sp³-hybridized carbons (Fsp3) is 0.700. The number of nitrogens with one attached hydrogen (secondary N) is 1. The molecule has 11 heteroatoms. The van der Waals surface area contributed by atoms with Gasteiger partial charge in [0.1, 0.15) is 6.10 Å². The lowest BCUT2D eigenvalue weighted by molar-refractivity contribution is -0.192. The first-order chi connectivity index (χ1) is 14.6. The Kier molecular flexibility index (Phi) is 7.03. The SMILES string of the molecule is CC1CN(c2ncccn2)CCC12CCC(C(=O)NCC1CC1)O2.O=C(O)C(F)(F)F. The van der Waals surface area contributed by atoms with Crippen LogP contribution in [0.25, 0.3) is 0 Å². The van der Waals surface area contributed by atoms with E-state index in [1.54, 1.807) is 12.4 Å². The fourth-order valence-corrected chi connectivity index (χ4v) is 3.98. The molecule has 0 aromatic carbocycles. The van der Waals surface area contributed by atoms with Crippen LogP contribution in [0.5, 0.6) is 0 Å². The molecule has 0 bridgehead atoms. The van der Waals surface area contributed by atoms with Crippen molar-refractivity contribution in [2.45, 2.75) is 56.9 Å². The number of carbonyl (C=O) groups is 2. The molecule has 1 aromatic heterocycles. The highest BCUT2D eigenvalue weighted by Gasteiger charge is 2.49. The van der Waals surface area contributed by atoms with E-state index in [4.69, 9.17) is 14.6 Å². The molecule has 3 atom stereocenters. The molecule has 31 heavy (non-hydrogen) atoms. The lowest BCUT2D eigenvalue weighted by Crippen LogP contribution is -2.52. The van der Waals surface area contributed by atoms with Crippen LogP contribution in [0.4, 0.5) is 19.1 Å². The Bertz CT molecular complexity index is 775. The highest BCUT2D eigenvalue weighted by atomic mass is 19.4. The van der Waals surface area contributed by atoms with E-state index in [0.29, 0.717) is 11.8 Å². The smallest absolute Gasteiger partial charge is 0.475 e. The monoisotopic (exact) mass is 444 g/mol. The third-order valence-electron chi connectivity index (χ3n) is 6.04. The standard InChI is InChI=1S/C18H26N4O2.C2HF3O2/c1-13-12-22(17-19-8-2-9-20-17)10-7-18(13)6-5-15(24-18)16(23)21-11-14-3-4-14;3-2(4,5)1(6)7/h2,8-9,13-15H,3-7,10-12H2,1H3,(H,21,23);(H,6,7). The van der Waals surface area contributed by atoms with E-state index >= 15 is 0 Å². The Labute approximate surface area is 178 Å². The highest BCUT2D eigenvalue weighted by Crippen LogP contribution is 2.42. The van der Waals surface area contributed by atoms with E-state index < -0.39 is 12.1 Å². The van der Waals surface area contributed by atoms with E-state index in [2.05, 4.69) is 27.1 Å². The van der Waals surface area contributed by atoms with Gasteiger partial charge in [0.05, 0.1) is 5.60 Å². The van der Waals surface area contributed by atoms with E-state index in [9.17, 15) is 18.0 Å². The molecular formula is C20H27F3N4O4. The average molecular weight is 444 g/mol. The molecule has 2 saturated heterocycles. The Hall–Kier alpha value is -2.43. The fourth-order valence-electron chi connectivity index (χ4n) is 3.98. The molecule has 0 radical (unpaired) electrons. The van der Waals surface area contributed by atoms with Gasteiger partial charge in [-0.15, -0.1) is 0 Å². The average Bonchev–Trinajstić information content (AvgIpc) is 3.47. The predicted molar refractivity (Wildman–Crippen MR) is 104 cm³/mol. The topological polar surface area (TPSA) is 105 Å². The number of amides is 1. The first-order valence-corrected chi connectivity index (χ1v) is 10.4. The number of rotatable bonds is 4. The predicted octanol–water partition coefficient (Wildman–Crippen LogP) is 2.40. The lowest BCUT2D eigenvalue weighted by atomic mass is 9.80. The molecule has 1 aliphatic carbocycles. The molecule has 2 N–H and O–H groups in total. The third kappa shape index (κ3) is 6.05. The summed E-state index contributed by atoms with van der Waals surface area (Å²) in [5.74, 6) is -0.822. The van der Waals surface area contributed by atoms with Gasteiger partial charge in [0.15, 0.2) is 0 Å². The van der Waals surface area contributed by atoms with Gasteiger partial charge in [-0.2, -0.15) is 13.2 Å². The number of aliphatic carboxylic acids is 1. The minimum atomic E-state index is -5.08. The van der Waals surface area contributed by atoms with Crippen LogP contribution in [0.15, 0.2) is 18.5 Å². The number of alkyl halides is 3. The number of carbonyl (C=O) groups excluding carboxylic acids is 1. The van der Waals surface area contributed by atoms with E-state index in [1.807, 2.05) is 6.07 Å². The number of hydrogen-bond acceptors (Lipinski definition) is 6. The maximum Gasteiger partial charge on any atom is 0.490 e. The maximum absolute atomic E-state index is 12.3. The van der Waals surface area contributed by atoms with E-state index in [1.165, 1.54) is 12.8 Å². The number of aromatic nitrogens is 2. The van der Waals surface area contributed by atoms with Crippen LogP contribution in [-0.4, -0.2) is 64.5 Å². The summed E-state index contributed by atoms with van der Waals surface area (Å²) >= 11 is 0. The summed E-state index contributed by atoms with van der Waals surface area (Å²) in [4.78, 5) is 32.2. The second kappa shape index (κ2) is 9.37. The van der Waals surface area contributed by atoms with Crippen molar-refractivity contribution in [2.24, 2.45) is 11.8 Å². The maximum atomic E-state index is 12.3. The number of piperidine rings is 1. The second-order valence-corrected chi connectivity index (χ2v) is 8.35. The van der Waals surface area contributed by atoms with Gasteiger partial charge in [-0.1, -0.05) is 6.92 Å². The Morgan fingerprint density at radius 2 is 1.90 bits per heavy atom. The molecule has 3 unspecified atom stereocenters. The Morgan fingerprint density at radius 3 is 2.45 bits per heavy atom. The van der Waals surface area contributed by atoms with Crippen LogP contribution in [0.3, 0.4) is 0 Å². The van der Waals surface area contributed by atoms with Gasteiger partial charge in [0, 0.05) is 37.9 Å². The van der Waals surface area contributed by atoms with Crippen molar-refractivity contribution in [3.8, 4) is 0 Å². The number of carboxylic acids is 1. The Morgan fingerprint density at radius 1 is 1.26 bits per heavy atom. The molecule has 3 aliphatic rings. The molecule has 3 heterocycles. The van der Waals surface area contributed by atoms with Crippen molar-refractivity contribution >= 4 is 17.8 Å². The summed E-state index contributed by atoms with van der Waals surface area (Å²) in [6, 6.07) is 1.84. The molecule has 8 nitrogen and oxygen atoms in total.